The number of benzene rings is 2. The first-order valence-corrected chi connectivity index (χ1v) is 10.1. The van der Waals surface area contributed by atoms with Crippen molar-refractivity contribution < 1.29 is 19.5 Å². The van der Waals surface area contributed by atoms with Gasteiger partial charge in [-0.15, -0.1) is 0 Å². The van der Waals surface area contributed by atoms with Crippen molar-refractivity contribution >= 4 is 17.8 Å². The molecule has 1 heterocycles. The van der Waals surface area contributed by atoms with Gasteiger partial charge in [0.25, 0.3) is 11.8 Å². The largest absolute Gasteiger partial charge is 0.481 e. The molecular formula is C24H21N3O5. The van der Waals surface area contributed by atoms with E-state index in [9.17, 15) is 19.2 Å². The molecule has 0 spiro atoms. The third kappa shape index (κ3) is 4.59. The lowest BCUT2D eigenvalue weighted by Gasteiger charge is -2.20. The fraction of sp³-hybridized carbons (Fsp3) is 0.167. The Labute approximate surface area is 183 Å². The smallest absolute Gasteiger partial charge is 0.308 e. The Morgan fingerprint density at radius 1 is 0.938 bits per heavy atom. The highest BCUT2D eigenvalue weighted by molar-refractivity contribution is 5.97. The van der Waals surface area contributed by atoms with Crippen LogP contribution in [-0.4, -0.2) is 33.9 Å². The minimum Gasteiger partial charge on any atom is -0.481 e. The molecule has 2 aromatic carbocycles. The number of rotatable bonds is 7. The van der Waals surface area contributed by atoms with Gasteiger partial charge in [-0.3, -0.25) is 19.2 Å². The van der Waals surface area contributed by atoms with Gasteiger partial charge >= 0.3 is 5.97 Å². The first-order valence-electron chi connectivity index (χ1n) is 10.1. The molecule has 4 N–H and O–H groups in total. The van der Waals surface area contributed by atoms with Gasteiger partial charge in [-0.2, -0.15) is 0 Å². The highest BCUT2D eigenvalue weighted by Gasteiger charge is 2.44. The maximum Gasteiger partial charge on any atom is 0.308 e. The number of aliphatic carboxylic acids is 1. The molecule has 1 aliphatic rings. The van der Waals surface area contributed by atoms with E-state index < -0.39 is 41.2 Å². The topological polar surface area (TPSA) is 128 Å². The second-order valence-electron chi connectivity index (χ2n) is 7.61. The second kappa shape index (κ2) is 8.89. The van der Waals surface area contributed by atoms with Gasteiger partial charge in [-0.05, 0) is 17.5 Å². The molecule has 8 nitrogen and oxygen atoms in total. The molecule has 2 amide bonds. The summed E-state index contributed by atoms with van der Waals surface area (Å²) < 4.78 is 0. The predicted octanol–water partition coefficient (Wildman–Crippen LogP) is 2.10. The van der Waals surface area contributed by atoms with Gasteiger partial charge in [-0.1, -0.05) is 60.7 Å². The monoisotopic (exact) mass is 431 g/mol. The van der Waals surface area contributed by atoms with Crippen molar-refractivity contribution in [2.24, 2.45) is 5.92 Å². The number of carboxylic acid groups (broad SMARTS) is 1. The number of carbonyl (C=O) groups excluding carboxylic acids is 2. The lowest BCUT2D eigenvalue weighted by atomic mass is 9.98. The van der Waals surface area contributed by atoms with Crippen molar-refractivity contribution in [2.75, 3.05) is 0 Å². The van der Waals surface area contributed by atoms with Gasteiger partial charge in [0.1, 0.15) is 11.3 Å². The SMILES string of the molecule is O=C(NC1C[C@H]1C(=O)O)c1cc(=O)c(C(=O)NC(c2ccccc2)c2ccccc2)c[nH]1. The average molecular weight is 431 g/mol. The summed E-state index contributed by atoms with van der Waals surface area (Å²) in [6.45, 7) is 0. The molecule has 1 aromatic heterocycles. The summed E-state index contributed by atoms with van der Waals surface area (Å²) in [6, 6.07) is 18.9. The van der Waals surface area contributed by atoms with Crippen molar-refractivity contribution in [3.8, 4) is 0 Å². The predicted molar refractivity (Wildman–Crippen MR) is 116 cm³/mol. The molecule has 0 saturated heterocycles. The Morgan fingerprint density at radius 3 is 2.03 bits per heavy atom. The van der Waals surface area contributed by atoms with Crippen LogP contribution in [0.3, 0.4) is 0 Å². The van der Waals surface area contributed by atoms with E-state index in [-0.39, 0.29) is 11.3 Å². The van der Waals surface area contributed by atoms with Crippen molar-refractivity contribution in [1.82, 2.24) is 15.6 Å². The van der Waals surface area contributed by atoms with Gasteiger partial charge < -0.3 is 20.7 Å². The Kier molecular flexibility index (Phi) is 5.85. The second-order valence-corrected chi connectivity index (χ2v) is 7.61. The molecular weight excluding hydrogens is 410 g/mol. The molecule has 1 saturated carbocycles. The minimum absolute atomic E-state index is 0.0368. The van der Waals surface area contributed by atoms with Crippen LogP contribution in [0.5, 0.6) is 0 Å². The quantitative estimate of drug-likeness (QED) is 0.455. The molecule has 162 valence electrons. The van der Waals surface area contributed by atoms with Crippen LogP contribution in [0.1, 0.15) is 44.4 Å². The molecule has 1 unspecified atom stereocenters. The normalized spacial score (nSPS) is 16.9. The number of carboxylic acids is 1. The van der Waals surface area contributed by atoms with Crippen LogP contribution in [0.25, 0.3) is 0 Å². The molecule has 0 aliphatic heterocycles. The maximum absolute atomic E-state index is 12.9. The molecule has 8 heteroatoms. The summed E-state index contributed by atoms with van der Waals surface area (Å²) in [4.78, 5) is 51.3. The van der Waals surface area contributed by atoms with Crippen LogP contribution in [0.2, 0.25) is 0 Å². The Bertz CT molecular complexity index is 1170. The number of amides is 2. The van der Waals surface area contributed by atoms with Crippen molar-refractivity contribution in [2.45, 2.75) is 18.5 Å². The summed E-state index contributed by atoms with van der Waals surface area (Å²) in [5.41, 5.74) is 0.934. The Balaban J connectivity index is 1.51. The fourth-order valence-corrected chi connectivity index (χ4v) is 3.51. The molecule has 4 rings (SSSR count). The third-order valence-corrected chi connectivity index (χ3v) is 5.37. The summed E-state index contributed by atoms with van der Waals surface area (Å²) >= 11 is 0. The zero-order chi connectivity index (χ0) is 22.7. The molecule has 0 radical (unpaired) electrons. The summed E-state index contributed by atoms with van der Waals surface area (Å²) in [6.07, 6.45) is 1.55. The lowest BCUT2D eigenvalue weighted by Crippen LogP contribution is -2.34. The van der Waals surface area contributed by atoms with Crippen molar-refractivity contribution in [3.63, 3.8) is 0 Å². The van der Waals surface area contributed by atoms with Crippen LogP contribution in [0.4, 0.5) is 0 Å². The molecule has 1 aliphatic carbocycles. The number of hydrogen-bond donors (Lipinski definition) is 4. The average Bonchev–Trinajstić information content (AvgIpc) is 3.58. The number of carbonyl (C=O) groups is 3. The number of aromatic nitrogens is 1. The van der Waals surface area contributed by atoms with Gasteiger partial charge in [0, 0.05) is 18.3 Å². The lowest BCUT2D eigenvalue weighted by molar-refractivity contribution is -0.138. The van der Waals surface area contributed by atoms with Crippen LogP contribution in [0, 0.1) is 5.92 Å². The first-order chi connectivity index (χ1) is 15.4. The summed E-state index contributed by atoms with van der Waals surface area (Å²) in [5, 5.41) is 14.4. The fourth-order valence-electron chi connectivity index (χ4n) is 3.51. The standard InChI is InChI=1S/C24H21N3O5/c28-20-12-19(23(30)26-18-11-16(18)24(31)32)25-13-17(20)22(29)27-21(14-7-3-1-4-8-14)15-9-5-2-6-10-15/h1-10,12-13,16,18,21H,11H2,(H,25,28)(H,26,30)(H,27,29)(H,31,32)/t16-,18?/m1/s1. The summed E-state index contributed by atoms with van der Waals surface area (Å²) in [5.74, 6) is -2.75. The molecule has 3 aromatic rings. The van der Waals surface area contributed by atoms with Crippen LogP contribution >= 0.6 is 0 Å². The number of aromatic amines is 1. The van der Waals surface area contributed by atoms with E-state index in [0.29, 0.717) is 6.42 Å². The zero-order valence-corrected chi connectivity index (χ0v) is 16.9. The van der Waals surface area contributed by atoms with Crippen LogP contribution in [-0.2, 0) is 4.79 Å². The number of H-pyrrole nitrogens is 1. The maximum atomic E-state index is 12.9. The van der Waals surface area contributed by atoms with E-state index in [1.54, 1.807) is 0 Å². The van der Waals surface area contributed by atoms with Gasteiger partial charge in [0.15, 0.2) is 5.43 Å². The van der Waals surface area contributed by atoms with Crippen molar-refractivity contribution in [3.05, 3.63) is 106 Å². The van der Waals surface area contributed by atoms with E-state index in [0.717, 1.165) is 17.2 Å². The van der Waals surface area contributed by atoms with Crippen LogP contribution in [0.15, 0.2) is 77.7 Å². The highest BCUT2D eigenvalue weighted by atomic mass is 16.4. The van der Waals surface area contributed by atoms with E-state index in [1.807, 2.05) is 60.7 Å². The van der Waals surface area contributed by atoms with E-state index >= 15 is 0 Å². The van der Waals surface area contributed by atoms with E-state index in [2.05, 4.69) is 15.6 Å². The van der Waals surface area contributed by atoms with E-state index in [1.165, 1.54) is 6.20 Å². The number of nitrogens with one attached hydrogen (secondary N) is 3. The number of hydrogen-bond acceptors (Lipinski definition) is 4. The van der Waals surface area contributed by atoms with Gasteiger partial charge in [-0.25, -0.2) is 0 Å². The Hall–Kier alpha value is -4.20. The molecule has 32 heavy (non-hydrogen) atoms. The first kappa shape index (κ1) is 21.0. The summed E-state index contributed by atoms with van der Waals surface area (Å²) in [7, 11) is 0. The Morgan fingerprint density at radius 2 is 1.53 bits per heavy atom. The van der Waals surface area contributed by atoms with E-state index in [4.69, 9.17) is 5.11 Å². The van der Waals surface area contributed by atoms with Gasteiger partial charge in [0.05, 0.1) is 12.0 Å². The number of pyridine rings is 1. The van der Waals surface area contributed by atoms with Crippen molar-refractivity contribution in [1.29, 1.82) is 0 Å². The van der Waals surface area contributed by atoms with Crippen LogP contribution < -0.4 is 16.1 Å². The molecule has 0 bridgehead atoms. The van der Waals surface area contributed by atoms with Gasteiger partial charge in [0.2, 0.25) is 0 Å². The molecule has 1 fully saturated rings. The third-order valence-electron chi connectivity index (χ3n) is 5.37. The minimum atomic E-state index is -0.970. The molecule has 2 atom stereocenters. The highest BCUT2D eigenvalue weighted by Crippen LogP contribution is 2.30. The zero-order valence-electron chi connectivity index (χ0n) is 16.9.